The summed E-state index contributed by atoms with van der Waals surface area (Å²) in [5, 5.41) is 27.7. The average Bonchev–Trinajstić information content (AvgIpc) is 3.71. The molecule has 7 atom stereocenters. The fraction of sp³-hybridized carbons (Fsp3) is 0.617. The topological polar surface area (TPSA) is 270 Å². The van der Waals surface area contributed by atoms with Crippen LogP contribution in [0.2, 0.25) is 0 Å². The van der Waals surface area contributed by atoms with Gasteiger partial charge in [0.2, 0.25) is 29.5 Å². The second-order valence-corrected chi connectivity index (χ2v) is 19.6. The summed E-state index contributed by atoms with van der Waals surface area (Å²) in [7, 11) is 3.09. The Hall–Kier alpha value is -6.18. The zero-order valence-electron chi connectivity index (χ0n) is 40.2. The second-order valence-electron chi connectivity index (χ2n) is 19.6. The maximum atomic E-state index is 14.4. The third kappa shape index (κ3) is 15.7. The number of nitrogens with one attached hydrogen (secondary N) is 6. The quantitative estimate of drug-likeness (QED) is 0.113. The van der Waals surface area contributed by atoms with Gasteiger partial charge in [0, 0.05) is 39.6 Å². The van der Waals surface area contributed by atoms with Gasteiger partial charge in [-0.15, -0.1) is 0 Å². The van der Waals surface area contributed by atoms with Crippen molar-refractivity contribution in [2.24, 2.45) is 17.3 Å². The van der Waals surface area contributed by atoms with Crippen molar-refractivity contribution in [3.8, 4) is 0 Å². The third-order valence-corrected chi connectivity index (χ3v) is 11.7. The van der Waals surface area contributed by atoms with Gasteiger partial charge in [-0.25, -0.2) is 9.78 Å². The molecule has 0 spiro atoms. The first kappa shape index (κ1) is 53.4. The molecule has 2 fully saturated rings. The van der Waals surface area contributed by atoms with E-state index < -0.39 is 107 Å². The lowest BCUT2D eigenvalue weighted by molar-refractivity contribution is -0.136. The Morgan fingerprint density at radius 3 is 2.10 bits per heavy atom. The average molecular weight is 935 g/mol. The number of amides is 8. The Morgan fingerprint density at radius 1 is 0.851 bits per heavy atom. The van der Waals surface area contributed by atoms with Crippen LogP contribution in [0, 0.1) is 17.3 Å². The summed E-state index contributed by atoms with van der Waals surface area (Å²) < 4.78 is 5.61. The van der Waals surface area contributed by atoms with Crippen molar-refractivity contribution in [2.45, 2.75) is 135 Å². The van der Waals surface area contributed by atoms with Crippen molar-refractivity contribution in [3.63, 3.8) is 0 Å². The van der Waals surface area contributed by atoms with E-state index in [9.17, 15) is 43.5 Å². The molecule has 1 saturated heterocycles. The number of hydrogen-bond donors (Lipinski definition) is 7. The summed E-state index contributed by atoms with van der Waals surface area (Å²) in [4.78, 5) is 120. The summed E-state index contributed by atoms with van der Waals surface area (Å²) in [5.41, 5.74) is -1.22. The lowest BCUT2D eigenvalue weighted by Crippen LogP contribution is -2.61. The van der Waals surface area contributed by atoms with Crippen molar-refractivity contribution < 1.29 is 48.2 Å². The summed E-state index contributed by atoms with van der Waals surface area (Å²) in [6.45, 7) is 11.2. The standard InChI is InChI=1S/C47H70N10O10/c1-10-17-31(37(59)42(63)50-25-34(58)53-36(44(65)56(8)9)29-20-15-12-16-21-29)51-39(60)30-26-57(45(66)67-47(5,6)7)27-33(30)52-43(64)38(46(2,3)4)55-41(62)35(28-18-13-11-14-19-28)54-40(61)32-24-48-22-23-49-32/h12,15-16,20-24,28,30-31,33,35-38,59H,10-11,13-14,17-19,25-27H2,1-9H3,(H,50,63)(H,51,60)(H,52,64)(H,53,58)(H,54,61)(H,55,62)/t30?,31-,33?,35-,36-,37?,38+/m0/s1. The number of aliphatic hydroxyl groups is 1. The van der Waals surface area contributed by atoms with Crippen LogP contribution in [0.4, 0.5) is 4.79 Å². The molecule has 8 amide bonds. The highest BCUT2D eigenvalue weighted by molar-refractivity contribution is 5.97. The summed E-state index contributed by atoms with van der Waals surface area (Å²) in [6.07, 6.45) is 6.19. The van der Waals surface area contributed by atoms with Gasteiger partial charge < -0.3 is 51.5 Å². The Morgan fingerprint density at radius 2 is 1.52 bits per heavy atom. The smallest absolute Gasteiger partial charge is 0.410 e. The van der Waals surface area contributed by atoms with E-state index in [1.54, 1.807) is 92.9 Å². The minimum atomic E-state index is -1.83. The molecule has 368 valence electrons. The highest BCUT2D eigenvalue weighted by atomic mass is 16.6. The molecular formula is C47H70N10O10. The van der Waals surface area contributed by atoms with Gasteiger partial charge in [-0.05, 0) is 56.9 Å². The molecule has 1 aliphatic heterocycles. The monoisotopic (exact) mass is 935 g/mol. The normalized spacial score (nSPS) is 18.7. The number of ether oxygens (including phenoxy) is 1. The molecule has 2 aromatic rings. The third-order valence-electron chi connectivity index (χ3n) is 11.7. The minimum Gasteiger partial charge on any atom is -0.444 e. The van der Waals surface area contributed by atoms with Gasteiger partial charge in [-0.2, -0.15) is 0 Å². The molecule has 1 aromatic heterocycles. The second kappa shape index (κ2) is 24.0. The molecule has 20 heteroatoms. The van der Waals surface area contributed by atoms with E-state index in [4.69, 9.17) is 4.74 Å². The molecular weight excluding hydrogens is 865 g/mol. The van der Waals surface area contributed by atoms with Crippen LogP contribution in [0.25, 0.3) is 0 Å². The highest BCUT2D eigenvalue weighted by Gasteiger charge is 2.45. The van der Waals surface area contributed by atoms with Crippen LogP contribution >= 0.6 is 0 Å². The number of carbonyl (C=O) groups excluding carboxylic acids is 8. The van der Waals surface area contributed by atoms with Gasteiger partial charge in [0.15, 0.2) is 6.10 Å². The molecule has 4 rings (SSSR count). The number of aromatic nitrogens is 2. The lowest BCUT2D eigenvalue weighted by Gasteiger charge is -2.35. The van der Waals surface area contributed by atoms with Crippen LogP contribution in [0.5, 0.6) is 0 Å². The minimum absolute atomic E-state index is 0.0326. The molecule has 67 heavy (non-hydrogen) atoms. The molecule has 1 saturated carbocycles. The molecule has 1 aliphatic carbocycles. The Labute approximate surface area is 392 Å². The molecule has 3 unspecified atom stereocenters. The molecule has 0 radical (unpaired) electrons. The summed E-state index contributed by atoms with van der Waals surface area (Å²) >= 11 is 0. The number of hydrogen-bond acceptors (Lipinski definition) is 12. The number of likely N-dealkylation sites (N-methyl/N-ethyl adjacent to an activating group) is 1. The van der Waals surface area contributed by atoms with Gasteiger partial charge >= 0.3 is 6.09 Å². The summed E-state index contributed by atoms with van der Waals surface area (Å²) in [6, 6.07) is 3.18. The first-order valence-corrected chi connectivity index (χ1v) is 23.0. The van der Waals surface area contributed by atoms with Crippen molar-refractivity contribution in [1.82, 2.24) is 51.7 Å². The van der Waals surface area contributed by atoms with Crippen LogP contribution in [0.1, 0.15) is 116 Å². The molecule has 0 bridgehead atoms. The molecule has 2 heterocycles. The molecule has 1 aromatic carbocycles. The van der Waals surface area contributed by atoms with E-state index >= 15 is 0 Å². The zero-order valence-corrected chi connectivity index (χ0v) is 40.2. The lowest BCUT2D eigenvalue weighted by atomic mass is 9.82. The van der Waals surface area contributed by atoms with E-state index in [1.165, 1.54) is 28.4 Å². The first-order valence-electron chi connectivity index (χ1n) is 23.0. The van der Waals surface area contributed by atoms with E-state index in [1.807, 2.05) is 0 Å². The van der Waals surface area contributed by atoms with E-state index in [0.717, 1.165) is 19.3 Å². The van der Waals surface area contributed by atoms with Gasteiger partial charge in [0.1, 0.15) is 29.4 Å². The molecule has 20 nitrogen and oxygen atoms in total. The first-order chi connectivity index (χ1) is 31.5. The predicted octanol–water partition coefficient (Wildman–Crippen LogP) is 1.75. The SMILES string of the molecule is CCC[C@H](NC(=O)C1CN(C(=O)OC(C)(C)C)CC1NC(=O)[C@@H](NC(=O)[C@@H](NC(=O)c1cnccn1)C1CCCCC1)C(C)(C)C)C(O)C(=O)NCC(=O)N[C@H](C(=O)N(C)C)c1ccccc1. The van der Waals surface area contributed by atoms with Crippen LogP contribution in [0.3, 0.4) is 0 Å². The number of aliphatic hydroxyl groups excluding tert-OH is 1. The van der Waals surface area contributed by atoms with Gasteiger partial charge in [-0.3, -0.25) is 38.5 Å². The van der Waals surface area contributed by atoms with Crippen molar-refractivity contribution in [2.75, 3.05) is 33.7 Å². The van der Waals surface area contributed by atoms with Gasteiger partial charge in [0.05, 0.1) is 30.7 Å². The van der Waals surface area contributed by atoms with E-state index in [2.05, 4.69) is 41.9 Å². The van der Waals surface area contributed by atoms with E-state index in [0.29, 0.717) is 24.8 Å². The van der Waals surface area contributed by atoms with Crippen molar-refractivity contribution in [3.05, 3.63) is 60.2 Å². The Bertz CT molecular complexity index is 2040. The predicted molar refractivity (Wildman–Crippen MR) is 246 cm³/mol. The number of carbonyl (C=O) groups is 8. The van der Waals surface area contributed by atoms with E-state index in [-0.39, 0.29) is 31.1 Å². The number of likely N-dealkylation sites (tertiary alicyclic amines) is 1. The van der Waals surface area contributed by atoms with Crippen LogP contribution in [-0.2, 0) is 33.5 Å². The highest BCUT2D eigenvalue weighted by Crippen LogP contribution is 2.29. The largest absolute Gasteiger partial charge is 0.444 e. The maximum absolute atomic E-state index is 14.4. The van der Waals surface area contributed by atoms with Gasteiger partial charge in [-0.1, -0.05) is 83.7 Å². The zero-order chi connectivity index (χ0) is 49.6. The molecule has 2 aliphatic rings. The van der Waals surface area contributed by atoms with Crippen LogP contribution in [-0.4, -0.2) is 142 Å². The van der Waals surface area contributed by atoms with Crippen molar-refractivity contribution >= 4 is 47.4 Å². The number of benzene rings is 1. The van der Waals surface area contributed by atoms with Crippen LogP contribution < -0.4 is 31.9 Å². The molecule has 7 N–H and O–H groups in total. The number of rotatable bonds is 18. The van der Waals surface area contributed by atoms with Gasteiger partial charge in [0.25, 0.3) is 11.8 Å². The fourth-order valence-corrected chi connectivity index (χ4v) is 8.13. The van der Waals surface area contributed by atoms with Crippen LogP contribution in [0.15, 0.2) is 48.9 Å². The fourth-order valence-electron chi connectivity index (χ4n) is 8.13. The Balaban J connectivity index is 1.51. The Kier molecular flexibility index (Phi) is 19.2. The summed E-state index contributed by atoms with van der Waals surface area (Å²) in [5.74, 6) is -5.87. The maximum Gasteiger partial charge on any atom is 0.410 e. The van der Waals surface area contributed by atoms with Crippen molar-refractivity contribution in [1.29, 1.82) is 0 Å². The number of nitrogens with zero attached hydrogens (tertiary/aromatic N) is 4.